The van der Waals surface area contributed by atoms with Crippen molar-refractivity contribution in [3.63, 3.8) is 0 Å². The van der Waals surface area contributed by atoms with E-state index in [9.17, 15) is 0 Å². The van der Waals surface area contributed by atoms with Crippen LogP contribution >= 0.6 is 0 Å². The Morgan fingerprint density at radius 2 is 1.95 bits per heavy atom. The van der Waals surface area contributed by atoms with E-state index in [1.54, 1.807) is 0 Å². The number of benzene rings is 1. The van der Waals surface area contributed by atoms with Gasteiger partial charge >= 0.3 is 0 Å². The molecule has 110 valence electrons. The van der Waals surface area contributed by atoms with E-state index in [0.717, 1.165) is 44.1 Å². The zero-order valence-corrected chi connectivity index (χ0v) is 12.8. The van der Waals surface area contributed by atoms with Crippen molar-refractivity contribution >= 4 is 5.71 Å². The Labute approximate surface area is 127 Å². The van der Waals surface area contributed by atoms with Gasteiger partial charge in [-0.05, 0) is 37.5 Å². The topological polar surface area (TPSA) is 24.8 Å². The minimum absolute atomic E-state index is 0.831. The van der Waals surface area contributed by atoms with Gasteiger partial charge in [-0.3, -0.25) is 9.89 Å². The number of aliphatic imine (C=N–C) groups is 1. The Balaban J connectivity index is 1.89. The van der Waals surface area contributed by atoms with E-state index in [-0.39, 0.29) is 0 Å². The summed E-state index contributed by atoms with van der Waals surface area (Å²) >= 11 is 0. The van der Waals surface area contributed by atoms with Gasteiger partial charge in [0.2, 0.25) is 0 Å². The van der Waals surface area contributed by atoms with Gasteiger partial charge in [-0.15, -0.1) is 0 Å². The van der Waals surface area contributed by atoms with Crippen LogP contribution in [0.15, 0.2) is 47.1 Å². The highest BCUT2D eigenvalue weighted by atomic mass is 16.5. The largest absolute Gasteiger partial charge is 0.379 e. The smallest absolute Gasteiger partial charge is 0.0871 e. The molecule has 1 aliphatic rings. The van der Waals surface area contributed by atoms with Gasteiger partial charge < -0.3 is 4.74 Å². The number of nitrogens with zero attached hydrogens (tertiary/aromatic N) is 2. The summed E-state index contributed by atoms with van der Waals surface area (Å²) in [5.74, 6) is 6.19. The summed E-state index contributed by atoms with van der Waals surface area (Å²) in [4.78, 5) is 6.81. The molecule has 1 saturated heterocycles. The first-order valence-electron chi connectivity index (χ1n) is 7.31. The van der Waals surface area contributed by atoms with E-state index in [4.69, 9.17) is 4.74 Å². The lowest BCUT2D eigenvalue weighted by Gasteiger charge is -2.26. The van der Waals surface area contributed by atoms with Crippen LogP contribution in [0, 0.1) is 11.8 Å². The molecule has 0 unspecified atom stereocenters. The zero-order chi connectivity index (χ0) is 14.9. The summed E-state index contributed by atoms with van der Waals surface area (Å²) < 4.78 is 5.35. The molecule has 2 rings (SSSR count). The van der Waals surface area contributed by atoms with Crippen LogP contribution in [0.4, 0.5) is 0 Å². The normalized spacial score (nSPS) is 17.2. The van der Waals surface area contributed by atoms with E-state index in [0.29, 0.717) is 0 Å². The summed E-state index contributed by atoms with van der Waals surface area (Å²) in [7, 11) is 0. The molecule has 0 aromatic heterocycles. The van der Waals surface area contributed by atoms with Gasteiger partial charge in [0.1, 0.15) is 0 Å². The molecule has 1 aliphatic heterocycles. The third-order valence-electron chi connectivity index (χ3n) is 3.22. The fourth-order valence-electron chi connectivity index (χ4n) is 2.08. The van der Waals surface area contributed by atoms with Crippen LogP contribution in [-0.2, 0) is 4.74 Å². The molecule has 1 heterocycles. The summed E-state index contributed by atoms with van der Waals surface area (Å²) in [5.41, 5.74) is 3.10. The van der Waals surface area contributed by atoms with Gasteiger partial charge in [-0.1, -0.05) is 24.1 Å². The Kier molecular flexibility index (Phi) is 6.21. The molecule has 1 aromatic rings. The first-order chi connectivity index (χ1) is 10.2. The Morgan fingerprint density at radius 3 is 2.67 bits per heavy atom. The average molecular weight is 282 g/mol. The molecule has 0 saturated carbocycles. The number of rotatable bonds is 3. The van der Waals surface area contributed by atoms with Gasteiger partial charge in [-0.25, -0.2) is 0 Å². The van der Waals surface area contributed by atoms with Crippen LogP contribution in [0.2, 0.25) is 0 Å². The number of morpholine rings is 1. The van der Waals surface area contributed by atoms with Crippen molar-refractivity contribution in [1.29, 1.82) is 0 Å². The summed E-state index contributed by atoms with van der Waals surface area (Å²) in [6, 6.07) is 9.97. The summed E-state index contributed by atoms with van der Waals surface area (Å²) in [5, 5.41) is 0. The van der Waals surface area contributed by atoms with E-state index in [1.807, 2.05) is 43.5 Å². The van der Waals surface area contributed by atoms with E-state index >= 15 is 0 Å². The molecule has 0 N–H and O–H groups in total. The second-order valence-electron chi connectivity index (χ2n) is 5.19. The van der Waals surface area contributed by atoms with Crippen LogP contribution in [0.1, 0.15) is 19.4 Å². The quantitative estimate of drug-likeness (QED) is 0.629. The highest BCUT2D eigenvalue weighted by Gasteiger charge is 2.09. The fourth-order valence-corrected chi connectivity index (χ4v) is 2.08. The molecule has 0 bridgehead atoms. The predicted molar refractivity (Wildman–Crippen MR) is 87.4 cm³/mol. The van der Waals surface area contributed by atoms with Gasteiger partial charge in [0.25, 0.3) is 0 Å². The molecule has 0 radical (unpaired) electrons. The molecule has 0 atom stereocenters. The monoisotopic (exact) mass is 282 g/mol. The molecule has 0 amide bonds. The highest BCUT2D eigenvalue weighted by Crippen LogP contribution is 2.02. The molecule has 3 heteroatoms. The summed E-state index contributed by atoms with van der Waals surface area (Å²) in [6.07, 6.45) is 1.92. The first-order valence-corrected chi connectivity index (χ1v) is 7.31. The minimum atomic E-state index is 0.831. The molecular formula is C18H22N2O. The Hall–Kier alpha value is -1.89. The molecule has 0 spiro atoms. The second-order valence-corrected chi connectivity index (χ2v) is 5.19. The lowest BCUT2D eigenvalue weighted by molar-refractivity contribution is 0.0423. The SMILES string of the molecule is CC(C#Cc1ccccc1)=N/C=C(\C)CN1CCOCC1. The predicted octanol–water partition coefficient (Wildman–Crippen LogP) is 2.74. The van der Waals surface area contributed by atoms with Gasteiger partial charge in [0.05, 0.1) is 18.9 Å². The van der Waals surface area contributed by atoms with Crippen molar-refractivity contribution < 1.29 is 4.74 Å². The van der Waals surface area contributed by atoms with Crippen LogP contribution < -0.4 is 0 Å². The average Bonchev–Trinajstić information content (AvgIpc) is 2.53. The molecule has 3 nitrogen and oxygen atoms in total. The fraction of sp³-hybridized carbons (Fsp3) is 0.389. The number of hydrogen-bond acceptors (Lipinski definition) is 3. The lowest BCUT2D eigenvalue weighted by atomic mass is 10.2. The lowest BCUT2D eigenvalue weighted by Crippen LogP contribution is -2.37. The van der Waals surface area contributed by atoms with Gasteiger partial charge in [0, 0.05) is 31.4 Å². The van der Waals surface area contributed by atoms with Crippen molar-refractivity contribution in [3.8, 4) is 11.8 Å². The second kappa shape index (κ2) is 8.41. The summed E-state index contributed by atoms with van der Waals surface area (Å²) in [6.45, 7) is 8.66. The van der Waals surface area contributed by atoms with Crippen molar-refractivity contribution in [2.75, 3.05) is 32.8 Å². The van der Waals surface area contributed by atoms with Crippen LogP contribution in [0.3, 0.4) is 0 Å². The van der Waals surface area contributed by atoms with Crippen molar-refractivity contribution in [3.05, 3.63) is 47.7 Å². The van der Waals surface area contributed by atoms with E-state index < -0.39 is 0 Å². The molecule has 1 aromatic carbocycles. The molecule has 21 heavy (non-hydrogen) atoms. The maximum absolute atomic E-state index is 5.35. The third kappa shape index (κ3) is 5.95. The first kappa shape index (κ1) is 15.5. The maximum Gasteiger partial charge on any atom is 0.0871 e. The molecular weight excluding hydrogens is 260 g/mol. The molecule has 0 aliphatic carbocycles. The van der Waals surface area contributed by atoms with Crippen LogP contribution in [0.5, 0.6) is 0 Å². The minimum Gasteiger partial charge on any atom is -0.379 e. The maximum atomic E-state index is 5.35. The van der Waals surface area contributed by atoms with E-state index in [1.165, 1.54) is 5.57 Å². The Morgan fingerprint density at radius 1 is 1.24 bits per heavy atom. The van der Waals surface area contributed by atoms with Crippen molar-refractivity contribution in [2.24, 2.45) is 4.99 Å². The molecule has 1 fully saturated rings. The zero-order valence-electron chi connectivity index (χ0n) is 12.8. The van der Waals surface area contributed by atoms with Crippen molar-refractivity contribution in [1.82, 2.24) is 4.90 Å². The standard InChI is InChI=1S/C18H22N2O/c1-16(15-20-10-12-21-13-11-20)14-19-17(2)8-9-18-6-4-3-5-7-18/h3-7,14H,10-13,15H2,1-2H3/b16-14+,19-17?. The number of ether oxygens (including phenoxy) is 1. The highest BCUT2D eigenvalue weighted by molar-refractivity contribution is 5.99. The third-order valence-corrected chi connectivity index (χ3v) is 3.22. The van der Waals surface area contributed by atoms with Gasteiger partial charge in [0.15, 0.2) is 0 Å². The van der Waals surface area contributed by atoms with Crippen LogP contribution in [0.25, 0.3) is 0 Å². The van der Waals surface area contributed by atoms with Crippen molar-refractivity contribution in [2.45, 2.75) is 13.8 Å². The Bertz CT molecular complexity index is 558. The van der Waals surface area contributed by atoms with E-state index in [2.05, 4.69) is 28.7 Å². The number of hydrogen-bond donors (Lipinski definition) is 0. The van der Waals surface area contributed by atoms with Gasteiger partial charge in [-0.2, -0.15) is 0 Å². The van der Waals surface area contributed by atoms with Crippen LogP contribution in [-0.4, -0.2) is 43.5 Å².